The van der Waals surface area contributed by atoms with E-state index in [1.54, 1.807) is 0 Å². The molecule has 2 nitrogen and oxygen atoms in total. The minimum Gasteiger partial charge on any atom is -0.316 e. The van der Waals surface area contributed by atoms with Crippen molar-refractivity contribution in [2.75, 3.05) is 26.2 Å². The van der Waals surface area contributed by atoms with Crippen molar-refractivity contribution in [3.63, 3.8) is 0 Å². The second-order valence-electron chi connectivity index (χ2n) is 6.39. The van der Waals surface area contributed by atoms with E-state index in [9.17, 15) is 0 Å². The SMILES string of the molecule is CCCCCCCCNCC1(C(C)C)CCNC1. The number of rotatable bonds is 10. The second kappa shape index (κ2) is 8.92. The zero-order valence-electron chi connectivity index (χ0n) is 12.9. The van der Waals surface area contributed by atoms with Crippen LogP contribution in [0.1, 0.15) is 65.7 Å². The van der Waals surface area contributed by atoms with Crippen LogP contribution < -0.4 is 10.6 Å². The molecule has 18 heavy (non-hydrogen) atoms. The molecule has 1 rings (SSSR count). The van der Waals surface area contributed by atoms with Crippen molar-refractivity contribution in [2.24, 2.45) is 11.3 Å². The van der Waals surface area contributed by atoms with Gasteiger partial charge in [0.05, 0.1) is 0 Å². The van der Waals surface area contributed by atoms with Crippen LogP contribution in [0.2, 0.25) is 0 Å². The van der Waals surface area contributed by atoms with E-state index in [-0.39, 0.29) is 0 Å². The van der Waals surface area contributed by atoms with Crippen LogP contribution >= 0.6 is 0 Å². The average Bonchev–Trinajstić information content (AvgIpc) is 2.83. The molecule has 1 atom stereocenters. The molecule has 0 aromatic rings. The van der Waals surface area contributed by atoms with Gasteiger partial charge in [-0.2, -0.15) is 0 Å². The van der Waals surface area contributed by atoms with Gasteiger partial charge in [0.1, 0.15) is 0 Å². The molecule has 1 saturated heterocycles. The van der Waals surface area contributed by atoms with E-state index in [1.165, 1.54) is 71.1 Å². The van der Waals surface area contributed by atoms with E-state index < -0.39 is 0 Å². The Morgan fingerprint density at radius 2 is 1.83 bits per heavy atom. The molecule has 1 fully saturated rings. The van der Waals surface area contributed by atoms with Crippen molar-refractivity contribution in [1.82, 2.24) is 10.6 Å². The van der Waals surface area contributed by atoms with Gasteiger partial charge in [-0.1, -0.05) is 52.9 Å². The molecular formula is C16H34N2. The average molecular weight is 254 g/mol. The topological polar surface area (TPSA) is 24.1 Å². The highest BCUT2D eigenvalue weighted by molar-refractivity contribution is 4.91. The first-order chi connectivity index (χ1) is 8.71. The van der Waals surface area contributed by atoms with E-state index in [1.807, 2.05) is 0 Å². The number of hydrogen-bond acceptors (Lipinski definition) is 2. The Labute approximate surface area is 114 Å². The van der Waals surface area contributed by atoms with Gasteiger partial charge in [0.15, 0.2) is 0 Å². The van der Waals surface area contributed by atoms with E-state index in [2.05, 4.69) is 31.4 Å². The predicted octanol–water partition coefficient (Wildman–Crippen LogP) is 3.57. The summed E-state index contributed by atoms with van der Waals surface area (Å²) in [5.41, 5.74) is 0.516. The largest absolute Gasteiger partial charge is 0.316 e. The monoisotopic (exact) mass is 254 g/mol. The summed E-state index contributed by atoms with van der Waals surface area (Å²) >= 11 is 0. The Morgan fingerprint density at radius 3 is 2.44 bits per heavy atom. The van der Waals surface area contributed by atoms with Crippen molar-refractivity contribution >= 4 is 0 Å². The summed E-state index contributed by atoms with van der Waals surface area (Å²) in [5.74, 6) is 0.782. The minimum atomic E-state index is 0.516. The molecule has 1 heterocycles. The Hall–Kier alpha value is -0.0800. The maximum atomic E-state index is 3.70. The van der Waals surface area contributed by atoms with Crippen LogP contribution in [-0.4, -0.2) is 26.2 Å². The van der Waals surface area contributed by atoms with Gasteiger partial charge >= 0.3 is 0 Å². The first-order valence-corrected chi connectivity index (χ1v) is 8.13. The maximum absolute atomic E-state index is 3.70. The van der Waals surface area contributed by atoms with Gasteiger partial charge < -0.3 is 10.6 Å². The van der Waals surface area contributed by atoms with Gasteiger partial charge in [0.2, 0.25) is 0 Å². The van der Waals surface area contributed by atoms with Crippen LogP contribution in [0.15, 0.2) is 0 Å². The third-order valence-corrected chi connectivity index (χ3v) is 4.69. The van der Waals surface area contributed by atoms with Gasteiger partial charge in [0.25, 0.3) is 0 Å². The number of unbranched alkanes of at least 4 members (excludes halogenated alkanes) is 5. The van der Waals surface area contributed by atoms with Crippen molar-refractivity contribution < 1.29 is 0 Å². The fourth-order valence-electron chi connectivity index (χ4n) is 2.98. The molecular weight excluding hydrogens is 220 g/mol. The Balaban J connectivity index is 2.02. The van der Waals surface area contributed by atoms with E-state index in [0.29, 0.717) is 5.41 Å². The van der Waals surface area contributed by atoms with Gasteiger partial charge in [0, 0.05) is 13.1 Å². The van der Waals surface area contributed by atoms with Gasteiger partial charge in [-0.3, -0.25) is 0 Å². The normalized spacial score (nSPS) is 24.0. The van der Waals surface area contributed by atoms with Crippen LogP contribution in [-0.2, 0) is 0 Å². The Kier molecular flexibility index (Phi) is 7.92. The van der Waals surface area contributed by atoms with Crippen LogP contribution in [0.4, 0.5) is 0 Å². The van der Waals surface area contributed by atoms with Crippen molar-refractivity contribution in [3.8, 4) is 0 Å². The maximum Gasteiger partial charge on any atom is 0.00229 e. The fourth-order valence-corrected chi connectivity index (χ4v) is 2.98. The third kappa shape index (κ3) is 5.27. The van der Waals surface area contributed by atoms with Crippen LogP contribution in [0.25, 0.3) is 0 Å². The lowest BCUT2D eigenvalue weighted by Crippen LogP contribution is -2.40. The summed E-state index contributed by atoms with van der Waals surface area (Å²) < 4.78 is 0. The highest BCUT2D eigenvalue weighted by Crippen LogP contribution is 2.33. The molecule has 108 valence electrons. The zero-order chi connectivity index (χ0) is 13.3. The van der Waals surface area contributed by atoms with E-state index in [0.717, 1.165) is 5.92 Å². The first kappa shape index (κ1) is 16.0. The van der Waals surface area contributed by atoms with Gasteiger partial charge in [-0.05, 0) is 37.3 Å². The summed E-state index contributed by atoms with van der Waals surface area (Å²) in [6, 6.07) is 0. The van der Waals surface area contributed by atoms with Crippen LogP contribution in [0.3, 0.4) is 0 Å². The molecule has 0 saturated carbocycles. The van der Waals surface area contributed by atoms with Gasteiger partial charge in [-0.25, -0.2) is 0 Å². The van der Waals surface area contributed by atoms with Crippen LogP contribution in [0.5, 0.6) is 0 Å². The van der Waals surface area contributed by atoms with Crippen molar-refractivity contribution in [2.45, 2.75) is 65.7 Å². The molecule has 0 bridgehead atoms. The molecule has 2 N–H and O–H groups in total. The molecule has 1 aliphatic heterocycles. The van der Waals surface area contributed by atoms with Crippen molar-refractivity contribution in [1.29, 1.82) is 0 Å². The molecule has 1 aliphatic rings. The minimum absolute atomic E-state index is 0.516. The summed E-state index contributed by atoms with van der Waals surface area (Å²) in [7, 11) is 0. The van der Waals surface area contributed by atoms with Crippen molar-refractivity contribution in [3.05, 3.63) is 0 Å². The quantitative estimate of drug-likeness (QED) is 0.582. The molecule has 1 unspecified atom stereocenters. The van der Waals surface area contributed by atoms with E-state index in [4.69, 9.17) is 0 Å². The fraction of sp³-hybridized carbons (Fsp3) is 1.00. The highest BCUT2D eigenvalue weighted by atomic mass is 15.0. The predicted molar refractivity (Wildman–Crippen MR) is 81.0 cm³/mol. The molecule has 0 aliphatic carbocycles. The summed E-state index contributed by atoms with van der Waals surface area (Å²) in [4.78, 5) is 0. The molecule has 0 spiro atoms. The number of hydrogen-bond donors (Lipinski definition) is 2. The summed E-state index contributed by atoms with van der Waals surface area (Å²) in [6.07, 6.45) is 9.71. The Morgan fingerprint density at radius 1 is 1.11 bits per heavy atom. The van der Waals surface area contributed by atoms with Gasteiger partial charge in [-0.15, -0.1) is 0 Å². The Bertz CT molecular complexity index is 195. The molecule has 2 heteroatoms. The smallest absolute Gasteiger partial charge is 0.00229 e. The molecule has 0 amide bonds. The van der Waals surface area contributed by atoms with E-state index >= 15 is 0 Å². The standard InChI is InChI=1S/C16H34N2/c1-4-5-6-7-8-9-11-17-13-16(15(2)3)10-12-18-14-16/h15,17-18H,4-14H2,1-3H3. The summed E-state index contributed by atoms with van der Waals surface area (Å²) in [6.45, 7) is 11.8. The number of nitrogens with one attached hydrogen (secondary N) is 2. The third-order valence-electron chi connectivity index (χ3n) is 4.69. The first-order valence-electron chi connectivity index (χ1n) is 8.13. The molecule has 0 radical (unpaired) electrons. The molecule has 0 aromatic heterocycles. The van der Waals surface area contributed by atoms with Crippen LogP contribution in [0, 0.1) is 11.3 Å². The lowest BCUT2D eigenvalue weighted by atomic mass is 9.76. The second-order valence-corrected chi connectivity index (χ2v) is 6.39. The molecule has 0 aromatic carbocycles. The zero-order valence-corrected chi connectivity index (χ0v) is 12.9. The summed E-state index contributed by atoms with van der Waals surface area (Å²) in [5, 5.41) is 7.23. The lowest BCUT2D eigenvalue weighted by Gasteiger charge is -2.33. The highest BCUT2D eigenvalue weighted by Gasteiger charge is 2.36. The lowest BCUT2D eigenvalue weighted by molar-refractivity contribution is 0.208.